The van der Waals surface area contributed by atoms with Gasteiger partial charge in [0.25, 0.3) is 5.56 Å². The van der Waals surface area contributed by atoms with Crippen LogP contribution in [0.1, 0.15) is 6.92 Å². The number of ether oxygens (including phenoxy) is 1. The third kappa shape index (κ3) is 4.31. The predicted octanol–water partition coefficient (Wildman–Crippen LogP) is -4.02. The van der Waals surface area contributed by atoms with E-state index >= 15 is 0 Å². The molecule has 3 N–H and O–H groups in total. The fourth-order valence-electron chi connectivity index (χ4n) is 2.51. The molecule has 0 bridgehead atoms. The number of fused-ring (bicyclic) bond motifs is 1. The Morgan fingerprint density at radius 1 is 1.17 bits per heavy atom. The highest BCUT2D eigenvalue weighted by Gasteiger charge is 2.25. The fraction of sp³-hybridized carbons (Fsp3) is 0.533. The highest BCUT2D eigenvalue weighted by atomic mass is 16.5. The zero-order chi connectivity index (χ0) is 21.9. The Balaban J connectivity index is 2.13. The molecule has 158 valence electrons. The zero-order valence-electron chi connectivity index (χ0n) is 16.2. The molecular weight excluding hydrogens is 390 g/mol. The van der Waals surface area contributed by atoms with Crippen molar-refractivity contribution in [1.29, 1.82) is 0 Å². The summed E-state index contributed by atoms with van der Waals surface area (Å²) in [5.41, 5.74) is -1.29. The van der Waals surface area contributed by atoms with Gasteiger partial charge in [0.05, 0.1) is 13.7 Å². The lowest BCUT2D eigenvalue weighted by Gasteiger charge is -2.18. The lowest BCUT2D eigenvalue weighted by molar-refractivity contribution is -0.146. The molecule has 2 aromatic heterocycles. The number of methoxy groups -OCH3 is 1. The number of aryl methyl sites for hydroxylation is 1. The van der Waals surface area contributed by atoms with Crippen molar-refractivity contribution in [3.63, 3.8) is 0 Å². The van der Waals surface area contributed by atoms with E-state index in [-0.39, 0.29) is 11.2 Å². The molecule has 0 aliphatic carbocycles. The molecule has 14 nitrogen and oxygen atoms in total. The highest BCUT2D eigenvalue weighted by molar-refractivity contribution is 5.90. The molecule has 0 saturated carbocycles. The first-order valence-corrected chi connectivity index (χ1v) is 8.40. The second-order valence-corrected chi connectivity index (χ2v) is 6.18. The van der Waals surface area contributed by atoms with Crippen molar-refractivity contribution in [3.05, 3.63) is 20.8 Å². The maximum Gasteiger partial charge on any atom is 0.332 e. The van der Waals surface area contributed by atoms with E-state index in [2.05, 4.69) is 25.7 Å². The van der Waals surface area contributed by atoms with Crippen molar-refractivity contribution in [2.24, 2.45) is 14.1 Å². The third-order valence-corrected chi connectivity index (χ3v) is 4.17. The van der Waals surface area contributed by atoms with Crippen LogP contribution in [0, 0.1) is 0 Å². The molecule has 0 fully saturated rings. The quantitative estimate of drug-likeness (QED) is 0.383. The second kappa shape index (κ2) is 8.64. The zero-order valence-corrected chi connectivity index (χ0v) is 16.2. The number of aliphatic hydroxyl groups excluding tert-OH is 1. The van der Waals surface area contributed by atoms with Crippen LogP contribution in [0.2, 0.25) is 0 Å². The van der Waals surface area contributed by atoms with Crippen LogP contribution >= 0.6 is 0 Å². The Kier molecular flexibility index (Phi) is 6.48. The van der Waals surface area contributed by atoms with Crippen molar-refractivity contribution < 1.29 is 24.2 Å². The largest absolute Gasteiger partial charge is 0.467 e. The molecule has 0 aliphatic heterocycles. The summed E-state index contributed by atoms with van der Waals surface area (Å²) in [5.74, 6) is -2.24. The van der Waals surface area contributed by atoms with Crippen LogP contribution in [-0.4, -0.2) is 72.8 Å². The fourth-order valence-corrected chi connectivity index (χ4v) is 2.51. The monoisotopic (exact) mass is 411 g/mol. The Morgan fingerprint density at radius 2 is 1.83 bits per heavy atom. The number of nitrogens with zero attached hydrogens (tertiary/aromatic N) is 5. The van der Waals surface area contributed by atoms with Crippen LogP contribution in [-0.2, 0) is 39.8 Å². The Labute approximate surface area is 163 Å². The van der Waals surface area contributed by atoms with Crippen molar-refractivity contribution in [2.75, 3.05) is 13.7 Å². The van der Waals surface area contributed by atoms with Gasteiger partial charge in [-0.25, -0.2) is 14.3 Å². The van der Waals surface area contributed by atoms with E-state index in [0.717, 1.165) is 20.9 Å². The van der Waals surface area contributed by atoms with Crippen LogP contribution in [0.15, 0.2) is 9.59 Å². The first kappa shape index (κ1) is 21.7. The summed E-state index contributed by atoms with van der Waals surface area (Å²) in [6.45, 7) is 0.245. The van der Waals surface area contributed by atoms with Gasteiger partial charge in [0.1, 0.15) is 12.6 Å². The van der Waals surface area contributed by atoms with Gasteiger partial charge in [0.2, 0.25) is 11.8 Å². The van der Waals surface area contributed by atoms with E-state index in [1.807, 2.05) is 0 Å². The first-order valence-electron chi connectivity index (χ1n) is 8.40. The molecule has 2 amide bonds. The minimum Gasteiger partial charge on any atom is -0.467 e. The topological polar surface area (TPSA) is 179 Å². The summed E-state index contributed by atoms with van der Waals surface area (Å²) >= 11 is 0. The smallest absolute Gasteiger partial charge is 0.332 e. The number of nitrogens with one attached hydrogen (secondary N) is 2. The molecular formula is C15H21N7O7. The molecule has 0 aromatic carbocycles. The highest BCUT2D eigenvalue weighted by Crippen LogP contribution is 2.02. The van der Waals surface area contributed by atoms with Crippen LogP contribution < -0.4 is 21.9 Å². The molecule has 2 atom stereocenters. The van der Waals surface area contributed by atoms with E-state index in [4.69, 9.17) is 5.11 Å². The van der Waals surface area contributed by atoms with Gasteiger partial charge in [-0.2, -0.15) is 0 Å². The first-order chi connectivity index (χ1) is 13.6. The number of aromatic nitrogens is 5. The Morgan fingerprint density at radius 3 is 2.41 bits per heavy atom. The summed E-state index contributed by atoms with van der Waals surface area (Å²) in [7, 11) is 3.80. The number of hydrogen-bond donors (Lipinski definition) is 3. The summed E-state index contributed by atoms with van der Waals surface area (Å²) in [6, 6.07) is -2.33. The molecule has 2 heterocycles. The lowest BCUT2D eigenvalue weighted by Crippen LogP contribution is -2.52. The number of esters is 1. The molecule has 0 aliphatic rings. The van der Waals surface area contributed by atoms with Gasteiger partial charge in [-0.15, -0.1) is 5.10 Å². The van der Waals surface area contributed by atoms with Crippen LogP contribution in [0.3, 0.4) is 0 Å². The molecule has 0 unspecified atom stereocenters. The van der Waals surface area contributed by atoms with E-state index in [9.17, 15) is 24.0 Å². The Bertz CT molecular complexity index is 1070. The summed E-state index contributed by atoms with van der Waals surface area (Å²) in [6.07, 6.45) is 0. The summed E-state index contributed by atoms with van der Waals surface area (Å²) in [4.78, 5) is 60.0. The van der Waals surface area contributed by atoms with Gasteiger partial charge in [0, 0.05) is 14.1 Å². The van der Waals surface area contributed by atoms with E-state index < -0.39 is 54.3 Å². The van der Waals surface area contributed by atoms with Gasteiger partial charge in [0.15, 0.2) is 17.2 Å². The average molecular weight is 411 g/mol. The second-order valence-electron chi connectivity index (χ2n) is 6.18. The Hall–Kier alpha value is -3.55. The van der Waals surface area contributed by atoms with Gasteiger partial charge in [-0.3, -0.25) is 23.5 Å². The molecule has 0 saturated heterocycles. The van der Waals surface area contributed by atoms with Gasteiger partial charge in [-0.1, -0.05) is 5.21 Å². The number of hydrogen-bond acceptors (Lipinski definition) is 9. The molecule has 14 heteroatoms. The normalized spacial score (nSPS) is 13.0. The maximum absolute atomic E-state index is 12.3. The minimum atomic E-state index is -1.27. The number of amides is 2. The van der Waals surface area contributed by atoms with Gasteiger partial charge in [-0.05, 0) is 6.92 Å². The number of aliphatic hydroxyl groups is 1. The van der Waals surface area contributed by atoms with E-state index in [1.54, 1.807) is 0 Å². The van der Waals surface area contributed by atoms with Crippen LogP contribution in [0.25, 0.3) is 11.2 Å². The number of carbonyl (C=O) groups is 3. The number of carbonyl (C=O) groups excluding carboxylic acids is 3. The van der Waals surface area contributed by atoms with Crippen LogP contribution in [0.5, 0.6) is 0 Å². The van der Waals surface area contributed by atoms with E-state index in [1.165, 1.54) is 21.0 Å². The van der Waals surface area contributed by atoms with Gasteiger partial charge >= 0.3 is 11.7 Å². The molecule has 2 rings (SSSR count). The minimum absolute atomic E-state index is 0.0144. The summed E-state index contributed by atoms with van der Waals surface area (Å²) < 4.78 is 7.44. The van der Waals surface area contributed by atoms with Gasteiger partial charge < -0.3 is 20.5 Å². The van der Waals surface area contributed by atoms with Crippen molar-refractivity contribution in [3.8, 4) is 0 Å². The van der Waals surface area contributed by atoms with E-state index in [0.29, 0.717) is 0 Å². The SMILES string of the molecule is COC(=O)[C@H](CO)NC(=O)[C@H](C)NC(=O)Cn1nnc2c1c(=O)n(C)c(=O)n2C. The third-order valence-electron chi connectivity index (χ3n) is 4.17. The molecule has 29 heavy (non-hydrogen) atoms. The molecule has 2 aromatic rings. The molecule has 0 radical (unpaired) electrons. The summed E-state index contributed by atoms with van der Waals surface area (Å²) in [5, 5.41) is 21.2. The predicted molar refractivity (Wildman–Crippen MR) is 96.6 cm³/mol. The van der Waals surface area contributed by atoms with Crippen LogP contribution in [0.4, 0.5) is 0 Å². The number of rotatable bonds is 7. The van der Waals surface area contributed by atoms with Crippen molar-refractivity contribution >= 4 is 28.9 Å². The maximum atomic E-state index is 12.3. The molecule has 0 spiro atoms. The standard InChI is InChI=1S/C15H21N7O7/c1-7(12(25)17-8(6-23)14(27)29-4)16-9(24)5-22-10-11(18-19-22)20(2)15(28)21(3)13(10)26/h7-8,23H,5-6H2,1-4H3,(H,16,24)(H,17,25)/t7-,8-/m0/s1. The van der Waals surface area contributed by atoms with Crippen molar-refractivity contribution in [2.45, 2.75) is 25.6 Å². The average Bonchev–Trinajstić information content (AvgIpc) is 3.11. The lowest BCUT2D eigenvalue weighted by atomic mass is 10.2. The van der Waals surface area contributed by atoms with Crippen molar-refractivity contribution in [1.82, 2.24) is 34.8 Å².